The van der Waals surface area contributed by atoms with Gasteiger partial charge in [0, 0.05) is 24.8 Å². The van der Waals surface area contributed by atoms with Gasteiger partial charge in [0.2, 0.25) is 0 Å². The average Bonchev–Trinajstić information content (AvgIpc) is 2.68. The van der Waals surface area contributed by atoms with E-state index in [2.05, 4.69) is 15.5 Å². The first kappa shape index (κ1) is 19.3. The van der Waals surface area contributed by atoms with Crippen LogP contribution in [-0.4, -0.2) is 48.3 Å². The first-order chi connectivity index (χ1) is 13.2. The molecule has 1 aliphatic rings. The fraction of sp³-hybridized carbons (Fsp3) is 0.381. The van der Waals surface area contributed by atoms with Crippen LogP contribution in [0.5, 0.6) is 0 Å². The Kier molecular flexibility index (Phi) is 6.79. The Balaban J connectivity index is 1.51. The van der Waals surface area contributed by atoms with E-state index in [1.54, 1.807) is 12.1 Å². The Labute approximate surface area is 159 Å². The van der Waals surface area contributed by atoms with E-state index in [1.165, 1.54) is 12.1 Å². The predicted molar refractivity (Wildman–Crippen MR) is 105 cm³/mol. The number of rotatable bonds is 6. The number of aliphatic hydroxyl groups is 1. The third-order valence-electron chi connectivity index (χ3n) is 4.92. The van der Waals surface area contributed by atoms with Gasteiger partial charge in [-0.2, -0.15) is 0 Å². The molecule has 2 aromatic carbocycles. The fourth-order valence-electron chi connectivity index (χ4n) is 3.49. The maximum Gasteiger partial charge on any atom is 0.319 e. The number of urea groups is 1. The van der Waals surface area contributed by atoms with E-state index in [0.29, 0.717) is 12.2 Å². The fourth-order valence-corrected chi connectivity index (χ4v) is 3.49. The van der Waals surface area contributed by atoms with Gasteiger partial charge in [-0.15, -0.1) is 0 Å². The van der Waals surface area contributed by atoms with E-state index < -0.39 is 0 Å². The number of likely N-dealkylation sites (tertiary alicyclic amines) is 1. The molecule has 0 bridgehead atoms. The lowest BCUT2D eigenvalue weighted by atomic mass is 10.0. The minimum absolute atomic E-state index is 0.166. The zero-order valence-corrected chi connectivity index (χ0v) is 15.3. The molecule has 144 valence electrons. The summed E-state index contributed by atoms with van der Waals surface area (Å²) >= 11 is 0. The van der Waals surface area contributed by atoms with E-state index in [4.69, 9.17) is 0 Å². The van der Waals surface area contributed by atoms with Gasteiger partial charge < -0.3 is 15.7 Å². The smallest absolute Gasteiger partial charge is 0.319 e. The van der Waals surface area contributed by atoms with Crippen molar-refractivity contribution in [3.8, 4) is 11.1 Å². The van der Waals surface area contributed by atoms with Crippen LogP contribution in [0.15, 0.2) is 48.5 Å². The van der Waals surface area contributed by atoms with Crippen molar-refractivity contribution >= 4 is 11.7 Å². The van der Waals surface area contributed by atoms with Crippen LogP contribution in [0.3, 0.4) is 0 Å². The second-order valence-electron chi connectivity index (χ2n) is 6.84. The number of carbonyl (C=O) groups is 1. The number of nitrogens with one attached hydrogen (secondary N) is 2. The van der Waals surface area contributed by atoms with Crippen molar-refractivity contribution in [3.63, 3.8) is 0 Å². The molecule has 0 aromatic heterocycles. The first-order valence-electron chi connectivity index (χ1n) is 9.41. The minimum Gasteiger partial charge on any atom is -0.395 e. The predicted octanol–water partition coefficient (Wildman–Crippen LogP) is 3.46. The summed E-state index contributed by atoms with van der Waals surface area (Å²) in [6.45, 7) is 2.37. The Morgan fingerprint density at radius 1 is 1.15 bits per heavy atom. The zero-order valence-electron chi connectivity index (χ0n) is 15.3. The Morgan fingerprint density at radius 3 is 2.70 bits per heavy atom. The van der Waals surface area contributed by atoms with Crippen LogP contribution >= 0.6 is 0 Å². The molecule has 2 aromatic rings. The first-order valence-corrected chi connectivity index (χ1v) is 9.41. The van der Waals surface area contributed by atoms with E-state index in [0.717, 1.165) is 43.5 Å². The van der Waals surface area contributed by atoms with Gasteiger partial charge >= 0.3 is 6.03 Å². The molecule has 0 unspecified atom stereocenters. The average molecular weight is 371 g/mol. The summed E-state index contributed by atoms with van der Waals surface area (Å²) in [7, 11) is 0. The highest BCUT2D eigenvalue weighted by Crippen LogP contribution is 2.23. The molecule has 3 rings (SSSR count). The number of benzene rings is 2. The Hall–Kier alpha value is -2.44. The van der Waals surface area contributed by atoms with Crippen molar-refractivity contribution in [1.82, 2.24) is 10.2 Å². The summed E-state index contributed by atoms with van der Waals surface area (Å²) in [5, 5.41) is 15.1. The molecule has 0 spiro atoms. The molecule has 6 heteroatoms. The minimum atomic E-state index is -0.289. The molecule has 0 aliphatic carbocycles. The molecule has 5 nitrogen and oxygen atoms in total. The second kappa shape index (κ2) is 9.48. The number of halogens is 1. The van der Waals surface area contributed by atoms with Gasteiger partial charge in [0.15, 0.2) is 0 Å². The van der Waals surface area contributed by atoms with E-state index >= 15 is 0 Å². The molecular formula is C21H26FN3O2. The summed E-state index contributed by atoms with van der Waals surface area (Å²) in [4.78, 5) is 14.4. The van der Waals surface area contributed by atoms with Gasteiger partial charge in [-0.1, -0.05) is 30.7 Å². The van der Waals surface area contributed by atoms with Gasteiger partial charge in [-0.05, 0) is 54.8 Å². The molecule has 1 heterocycles. The molecule has 0 radical (unpaired) electrons. The number of piperidine rings is 1. The maximum absolute atomic E-state index is 13.4. The normalized spacial score (nSPS) is 17.5. The molecule has 3 N–H and O–H groups in total. The summed E-state index contributed by atoms with van der Waals surface area (Å²) in [5.74, 6) is -0.289. The number of aliphatic hydroxyl groups excluding tert-OH is 1. The van der Waals surface area contributed by atoms with Crippen LogP contribution in [0.2, 0.25) is 0 Å². The highest BCUT2D eigenvalue weighted by Gasteiger charge is 2.20. The van der Waals surface area contributed by atoms with Gasteiger partial charge in [-0.3, -0.25) is 4.90 Å². The van der Waals surface area contributed by atoms with Crippen molar-refractivity contribution in [2.24, 2.45) is 0 Å². The topological polar surface area (TPSA) is 64.6 Å². The highest BCUT2D eigenvalue weighted by atomic mass is 19.1. The molecule has 1 fully saturated rings. The largest absolute Gasteiger partial charge is 0.395 e. The lowest BCUT2D eigenvalue weighted by molar-refractivity contribution is 0.0917. The summed E-state index contributed by atoms with van der Waals surface area (Å²) < 4.78 is 13.4. The molecule has 1 atom stereocenters. The van der Waals surface area contributed by atoms with Crippen molar-refractivity contribution in [2.75, 3.05) is 31.6 Å². The van der Waals surface area contributed by atoms with Crippen LogP contribution < -0.4 is 10.6 Å². The van der Waals surface area contributed by atoms with Crippen molar-refractivity contribution in [3.05, 3.63) is 54.3 Å². The van der Waals surface area contributed by atoms with Gasteiger partial charge in [0.25, 0.3) is 0 Å². The van der Waals surface area contributed by atoms with E-state index in [9.17, 15) is 14.3 Å². The molecular weight excluding hydrogens is 345 g/mol. The Bertz CT molecular complexity index is 769. The highest BCUT2D eigenvalue weighted by molar-refractivity contribution is 5.90. The van der Waals surface area contributed by atoms with Gasteiger partial charge in [0.1, 0.15) is 5.82 Å². The Morgan fingerprint density at radius 2 is 1.93 bits per heavy atom. The monoisotopic (exact) mass is 371 g/mol. The van der Waals surface area contributed by atoms with Crippen molar-refractivity contribution in [1.29, 1.82) is 0 Å². The molecule has 0 saturated carbocycles. The molecule has 27 heavy (non-hydrogen) atoms. The second-order valence-corrected chi connectivity index (χ2v) is 6.84. The number of nitrogens with zero attached hydrogens (tertiary/aromatic N) is 1. The third-order valence-corrected chi connectivity index (χ3v) is 4.92. The van der Waals surface area contributed by atoms with E-state index in [1.807, 2.05) is 24.3 Å². The summed E-state index contributed by atoms with van der Waals surface area (Å²) in [6, 6.07) is 13.6. The van der Waals surface area contributed by atoms with Crippen LogP contribution in [0.25, 0.3) is 11.1 Å². The number of hydrogen-bond donors (Lipinski definition) is 3. The van der Waals surface area contributed by atoms with E-state index in [-0.39, 0.29) is 24.5 Å². The van der Waals surface area contributed by atoms with Crippen LogP contribution in [0.1, 0.15) is 19.3 Å². The summed E-state index contributed by atoms with van der Waals surface area (Å²) in [5.41, 5.74) is 2.26. The van der Waals surface area contributed by atoms with Crippen molar-refractivity contribution < 1.29 is 14.3 Å². The molecule has 1 aliphatic heterocycles. The SMILES string of the molecule is O=C(NCCN1CCCC[C@H]1CO)Nc1cccc(-c2cccc(F)c2)c1. The maximum atomic E-state index is 13.4. The van der Waals surface area contributed by atoms with Gasteiger partial charge in [-0.25, -0.2) is 9.18 Å². The van der Waals surface area contributed by atoms with Crippen molar-refractivity contribution in [2.45, 2.75) is 25.3 Å². The summed E-state index contributed by atoms with van der Waals surface area (Å²) in [6.07, 6.45) is 3.29. The van der Waals surface area contributed by atoms with Gasteiger partial charge in [0.05, 0.1) is 6.61 Å². The van der Waals surface area contributed by atoms with Crippen LogP contribution in [-0.2, 0) is 0 Å². The quantitative estimate of drug-likeness (QED) is 0.729. The van der Waals surface area contributed by atoms with Crippen LogP contribution in [0.4, 0.5) is 14.9 Å². The standard InChI is InChI=1S/C21H26FN3O2/c22-18-7-3-5-16(13-18)17-6-4-8-19(14-17)24-21(27)23-10-12-25-11-2-1-9-20(25)15-26/h3-8,13-14,20,26H,1-2,9-12,15H2,(H2,23,24,27)/t20-/m0/s1. The molecule has 1 saturated heterocycles. The number of anilines is 1. The number of amides is 2. The lowest BCUT2D eigenvalue weighted by Crippen LogP contribution is -2.46. The lowest BCUT2D eigenvalue weighted by Gasteiger charge is -2.34. The third kappa shape index (κ3) is 5.52. The molecule has 2 amide bonds. The number of carbonyl (C=O) groups excluding carboxylic acids is 1. The zero-order chi connectivity index (χ0) is 19.1. The van der Waals surface area contributed by atoms with Crippen LogP contribution in [0, 0.1) is 5.82 Å². The number of hydrogen-bond acceptors (Lipinski definition) is 3.